The fourth-order valence-corrected chi connectivity index (χ4v) is 3.09. The molecule has 0 spiro atoms. The van der Waals surface area contributed by atoms with Crippen molar-refractivity contribution in [3.05, 3.63) is 29.8 Å². The maximum Gasteiger partial charge on any atom is 0.277 e. The van der Waals surface area contributed by atoms with E-state index < -0.39 is 11.0 Å². The van der Waals surface area contributed by atoms with E-state index in [9.17, 15) is 4.79 Å². The van der Waals surface area contributed by atoms with Crippen LogP contribution in [0.1, 0.15) is 44.6 Å². The van der Waals surface area contributed by atoms with Crippen molar-refractivity contribution < 1.29 is 9.53 Å². The molecule has 1 atom stereocenters. The van der Waals surface area contributed by atoms with Gasteiger partial charge < -0.3 is 10.5 Å². The maximum absolute atomic E-state index is 11.6. The number of nitrogens with two attached hydrogens (primary N) is 1. The first-order valence-electron chi connectivity index (χ1n) is 8.02. The van der Waals surface area contributed by atoms with Gasteiger partial charge in [-0.3, -0.25) is 9.69 Å². The summed E-state index contributed by atoms with van der Waals surface area (Å²) in [5, 5.41) is -1.46. The van der Waals surface area contributed by atoms with E-state index in [1.807, 2.05) is 25.1 Å². The second-order valence-electron chi connectivity index (χ2n) is 5.93. The smallest absolute Gasteiger partial charge is 0.277 e. The molecule has 2 N–H and O–H groups in total. The Morgan fingerprint density at radius 3 is 2.73 bits per heavy atom. The second kappa shape index (κ2) is 7.84. The van der Waals surface area contributed by atoms with Crippen molar-refractivity contribution in [2.45, 2.75) is 50.6 Å². The molecule has 4 nitrogen and oxygen atoms in total. The zero-order valence-electron chi connectivity index (χ0n) is 13.2. The first kappa shape index (κ1) is 17.1. The van der Waals surface area contributed by atoms with E-state index in [1.54, 1.807) is 0 Å². The number of amides is 1. The Bertz CT molecular complexity index is 503. The molecule has 1 unspecified atom stereocenters. The van der Waals surface area contributed by atoms with Crippen LogP contribution in [-0.2, 0) is 11.3 Å². The quantitative estimate of drug-likeness (QED) is 0.783. The lowest BCUT2D eigenvalue weighted by molar-refractivity contribution is -0.127. The van der Waals surface area contributed by atoms with E-state index in [-0.39, 0.29) is 0 Å². The van der Waals surface area contributed by atoms with E-state index in [4.69, 9.17) is 22.1 Å². The summed E-state index contributed by atoms with van der Waals surface area (Å²) in [5.41, 5.74) is 6.55. The van der Waals surface area contributed by atoms with Crippen molar-refractivity contribution in [1.82, 2.24) is 4.90 Å². The number of hydrogen-bond donors (Lipinski definition) is 1. The summed E-state index contributed by atoms with van der Waals surface area (Å²) in [5.74, 6) is -0.0470. The fourth-order valence-electron chi connectivity index (χ4n) is 2.82. The van der Waals surface area contributed by atoms with Gasteiger partial charge in [-0.15, -0.1) is 0 Å². The number of primary amides is 1. The molecule has 22 heavy (non-hydrogen) atoms. The summed E-state index contributed by atoms with van der Waals surface area (Å²) in [4.78, 5) is 14.0. The molecule has 122 valence electrons. The topological polar surface area (TPSA) is 55.6 Å². The minimum Gasteiger partial charge on any atom is -0.462 e. The predicted molar refractivity (Wildman–Crippen MR) is 88.9 cm³/mol. The van der Waals surface area contributed by atoms with Crippen LogP contribution in [0.15, 0.2) is 24.3 Å². The van der Waals surface area contributed by atoms with Crippen LogP contribution in [0.25, 0.3) is 0 Å². The molecule has 1 aromatic carbocycles. The van der Waals surface area contributed by atoms with E-state index in [1.165, 1.54) is 24.8 Å². The molecule has 0 saturated carbocycles. The van der Waals surface area contributed by atoms with Crippen molar-refractivity contribution >= 4 is 17.5 Å². The summed E-state index contributed by atoms with van der Waals surface area (Å²) < 4.78 is 5.71. The number of nitrogens with zero attached hydrogens (tertiary/aromatic N) is 1. The molecular formula is C17H25ClN2O2. The Balaban J connectivity index is 2.05. The molecule has 1 fully saturated rings. The average molecular weight is 325 g/mol. The fraction of sp³-hybridized carbons (Fsp3) is 0.588. The van der Waals surface area contributed by atoms with Gasteiger partial charge in [0.05, 0.1) is 0 Å². The lowest BCUT2D eigenvalue weighted by Gasteiger charge is -2.27. The average Bonchev–Trinajstić information content (AvgIpc) is 2.48. The molecule has 1 saturated heterocycles. The van der Waals surface area contributed by atoms with E-state index >= 15 is 0 Å². The van der Waals surface area contributed by atoms with Gasteiger partial charge in [-0.1, -0.05) is 43.5 Å². The molecule has 1 aromatic rings. The van der Waals surface area contributed by atoms with Gasteiger partial charge in [0.15, 0.2) is 0 Å². The first-order valence-corrected chi connectivity index (χ1v) is 8.40. The summed E-state index contributed by atoms with van der Waals surface area (Å²) in [6.45, 7) is 5.12. The monoisotopic (exact) mass is 324 g/mol. The largest absolute Gasteiger partial charge is 0.462 e. The lowest BCUT2D eigenvalue weighted by atomic mass is 10.1. The third-order valence-electron chi connectivity index (χ3n) is 3.97. The van der Waals surface area contributed by atoms with Crippen molar-refractivity contribution in [2.75, 3.05) is 13.1 Å². The van der Waals surface area contributed by atoms with E-state index in [0.29, 0.717) is 12.2 Å². The van der Waals surface area contributed by atoms with Crippen LogP contribution in [-0.4, -0.2) is 29.0 Å². The molecule has 1 aliphatic rings. The molecule has 5 heteroatoms. The Labute approximate surface area is 137 Å². The highest BCUT2D eigenvalue weighted by atomic mass is 35.5. The molecule has 1 aliphatic heterocycles. The molecule has 1 amide bonds. The number of benzene rings is 1. The highest BCUT2D eigenvalue weighted by Crippen LogP contribution is 2.27. The van der Waals surface area contributed by atoms with Gasteiger partial charge in [0.1, 0.15) is 5.75 Å². The zero-order valence-corrected chi connectivity index (χ0v) is 13.9. The van der Waals surface area contributed by atoms with Crippen LogP contribution < -0.4 is 10.5 Å². The summed E-state index contributed by atoms with van der Waals surface area (Å²) in [6.07, 6.45) is 4.96. The number of rotatable bonds is 7. The molecule has 1 heterocycles. The van der Waals surface area contributed by atoms with Crippen molar-refractivity contribution in [2.24, 2.45) is 5.73 Å². The number of carbonyl (C=O) groups excluding carboxylic acids is 1. The second-order valence-corrected chi connectivity index (χ2v) is 6.54. The molecule has 0 radical (unpaired) electrons. The summed E-state index contributed by atoms with van der Waals surface area (Å²) in [6, 6.07) is 7.76. The van der Waals surface area contributed by atoms with Crippen molar-refractivity contribution in [3.8, 4) is 5.75 Å². The van der Waals surface area contributed by atoms with Gasteiger partial charge in [0.2, 0.25) is 0 Å². The Morgan fingerprint density at radius 2 is 2.09 bits per heavy atom. The number of halogens is 1. The molecule has 0 bridgehead atoms. The normalized spacial score (nSPS) is 18.6. The number of carbonyl (C=O) groups is 1. The Hall–Kier alpha value is -1.26. The van der Waals surface area contributed by atoms with Crippen LogP contribution >= 0.6 is 11.6 Å². The minimum absolute atomic E-state index is 0.389. The van der Waals surface area contributed by atoms with E-state index in [2.05, 4.69) is 11.0 Å². The van der Waals surface area contributed by atoms with Gasteiger partial charge in [-0.25, -0.2) is 0 Å². The third kappa shape index (κ3) is 4.62. The third-order valence-corrected chi connectivity index (χ3v) is 4.42. The van der Waals surface area contributed by atoms with Crippen LogP contribution in [0.3, 0.4) is 0 Å². The van der Waals surface area contributed by atoms with Crippen LogP contribution in [0.2, 0.25) is 0 Å². The van der Waals surface area contributed by atoms with Crippen LogP contribution in [0.4, 0.5) is 0 Å². The standard InChI is InChI=1S/C17H25ClN2O2/c1-2-9-17(18,16(19)21)22-15-8-6-7-14(12-15)13-20-10-4-3-5-11-20/h6-8,12H,2-5,9-11,13H2,1H3,(H2,19,21). The van der Waals surface area contributed by atoms with E-state index in [0.717, 1.165) is 26.1 Å². The van der Waals surface area contributed by atoms with Crippen LogP contribution in [0, 0.1) is 0 Å². The molecule has 0 aromatic heterocycles. The van der Waals surface area contributed by atoms with Gasteiger partial charge in [0, 0.05) is 13.0 Å². The minimum atomic E-state index is -1.46. The Kier molecular flexibility index (Phi) is 6.09. The zero-order chi connectivity index (χ0) is 16.0. The summed E-state index contributed by atoms with van der Waals surface area (Å²) >= 11 is 6.25. The lowest BCUT2D eigenvalue weighted by Crippen LogP contribution is -2.43. The number of ether oxygens (including phenoxy) is 1. The number of hydrogen-bond acceptors (Lipinski definition) is 3. The first-order chi connectivity index (χ1) is 10.5. The number of piperidine rings is 1. The summed E-state index contributed by atoms with van der Waals surface area (Å²) in [7, 11) is 0. The SMILES string of the molecule is CCCC(Cl)(Oc1cccc(CN2CCCCC2)c1)C(N)=O. The number of likely N-dealkylation sites (tertiary alicyclic amines) is 1. The van der Waals surface area contributed by atoms with Crippen LogP contribution in [0.5, 0.6) is 5.75 Å². The van der Waals surface area contributed by atoms with Gasteiger partial charge in [-0.2, -0.15) is 0 Å². The highest BCUT2D eigenvalue weighted by molar-refractivity contribution is 6.33. The molecule has 0 aliphatic carbocycles. The predicted octanol–water partition coefficient (Wildman–Crippen LogP) is 3.27. The Morgan fingerprint density at radius 1 is 1.36 bits per heavy atom. The highest BCUT2D eigenvalue weighted by Gasteiger charge is 2.35. The maximum atomic E-state index is 11.6. The van der Waals surface area contributed by atoms with Gasteiger partial charge in [0.25, 0.3) is 11.0 Å². The van der Waals surface area contributed by atoms with Crippen molar-refractivity contribution in [1.29, 1.82) is 0 Å². The number of alkyl halides is 1. The molecular weight excluding hydrogens is 300 g/mol. The van der Waals surface area contributed by atoms with Gasteiger partial charge in [-0.05, 0) is 43.6 Å². The molecule has 2 rings (SSSR count). The van der Waals surface area contributed by atoms with Gasteiger partial charge >= 0.3 is 0 Å². The van der Waals surface area contributed by atoms with Crippen molar-refractivity contribution in [3.63, 3.8) is 0 Å².